The highest BCUT2D eigenvalue weighted by atomic mass is 16.6. The average Bonchev–Trinajstić information content (AvgIpc) is 2.64. The van der Waals surface area contributed by atoms with Crippen molar-refractivity contribution in [2.24, 2.45) is 5.41 Å². The third kappa shape index (κ3) is 7.60. The van der Waals surface area contributed by atoms with Gasteiger partial charge in [-0.25, -0.2) is 0 Å². The van der Waals surface area contributed by atoms with Crippen molar-refractivity contribution in [2.75, 3.05) is 79.0 Å². The number of ether oxygens (including phenoxy) is 4. The van der Waals surface area contributed by atoms with E-state index in [0.29, 0.717) is 64.7 Å². The van der Waals surface area contributed by atoms with Crippen molar-refractivity contribution >= 4 is 5.91 Å². The van der Waals surface area contributed by atoms with Crippen LogP contribution in [0.2, 0.25) is 0 Å². The fourth-order valence-electron chi connectivity index (χ4n) is 3.17. The Kier molecular flexibility index (Phi) is 9.96. The fourth-order valence-corrected chi connectivity index (χ4v) is 3.17. The lowest BCUT2D eigenvalue weighted by Gasteiger charge is -2.48. The van der Waals surface area contributed by atoms with E-state index in [2.05, 4.69) is 11.2 Å². The summed E-state index contributed by atoms with van der Waals surface area (Å²) in [7, 11) is 0. The number of carbonyl (C=O) groups excluding carboxylic acids is 1. The molecule has 0 aromatic rings. The van der Waals surface area contributed by atoms with E-state index in [9.17, 15) is 4.79 Å². The van der Waals surface area contributed by atoms with Crippen LogP contribution in [0.5, 0.6) is 0 Å². The van der Waals surface area contributed by atoms with Crippen LogP contribution in [0.3, 0.4) is 0 Å². The summed E-state index contributed by atoms with van der Waals surface area (Å²) in [5, 5.41) is 3.34. The Morgan fingerprint density at radius 1 is 0.923 bits per heavy atom. The first-order valence-corrected chi connectivity index (χ1v) is 9.49. The SMILES string of the molecule is C#CCOCCOCCOCCOCCC(=O)N1CCC2(CC1)CNC2. The number of hydrogen-bond donors (Lipinski definition) is 1. The third-order valence-electron chi connectivity index (χ3n) is 4.94. The highest BCUT2D eigenvalue weighted by Crippen LogP contribution is 2.34. The van der Waals surface area contributed by atoms with Gasteiger partial charge in [0.2, 0.25) is 5.91 Å². The Hall–Kier alpha value is -1.17. The van der Waals surface area contributed by atoms with Crippen molar-refractivity contribution < 1.29 is 23.7 Å². The molecule has 0 aromatic heterocycles. The maximum atomic E-state index is 12.2. The van der Waals surface area contributed by atoms with Crippen LogP contribution in [0.4, 0.5) is 0 Å². The van der Waals surface area contributed by atoms with Crippen molar-refractivity contribution in [3.63, 3.8) is 0 Å². The Morgan fingerprint density at radius 3 is 1.96 bits per heavy atom. The molecule has 2 saturated heterocycles. The molecule has 2 fully saturated rings. The normalized spacial score (nSPS) is 18.5. The van der Waals surface area contributed by atoms with Crippen molar-refractivity contribution in [2.45, 2.75) is 19.3 Å². The minimum atomic E-state index is 0.202. The number of rotatable bonds is 13. The maximum absolute atomic E-state index is 12.2. The number of likely N-dealkylation sites (tertiary alicyclic amines) is 1. The fraction of sp³-hybridized carbons (Fsp3) is 0.842. The summed E-state index contributed by atoms with van der Waals surface area (Å²) in [6.07, 6.45) is 7.76. The van der Waals surface area contributed by atoms with Crippen LogP contribution in [-0.4, -0.2) is 89.8 Å². The van der Waals surface area contributed by atoms with Gasteiger partial charge in [0.1, 0.15) is 6.61 Å². The molecule has 7 nitrogen and oxygen atoms in total. The predicted octanol–water partition coefficient (Wildman–Crippen LogP) is 0.288. The van der Waals surface area contributed by atoms with Gasteiger partial charge in [-0.05, 0) is 18.3 Å². The molecule has 148 valence electrons. The molecule has 2 aliphatic rings. The highest BCUT2D eigenvalue weighted by Gasteiger charge is 2.40. The van der Waals surface area contributed by atoms with Gasteiger partial charge in [-0.3, -0.25) is 4.79 Å². The average molecular weight is 368 g/mol. The molecular formula is C19H32N2O5. The molecule has 0 atom stereocenters. The van der Waals surface area contributed by atoms with Gasteiger partial charge >= 0.3 is 0 Å². The van der Waals surface area contributed by atoms with Crippen molar-refractivity contribution in [1.29, 1.82) is 0 Å². The Morgan fingerprint density at radius 2 is 1.46 bits per heavy atom. The number of carbonyl (C=O) groups is 1. The summed E-state index contributed by atoms with van der Waals surface area (Å²) in [5.41, 5.74) is 0.475. The molecular weight excluding hydrogens is 336 g/mol. The van der Waals surface area contributed by atoms with Crippen LogP contribution in [0.25, 0.3) is 0 Å². The van der Waals surface area contributed by atoms with Gasteiger partial charge in [0.05, 0.1) is 52.7 Å². The zero-order chi connectivity index (χ0) is 18.5. The van der Waals surface area contributed by atoms with Gasteiger partial charge in [-0.2, -0.15) is 0 Å². The largest absolute Gasteiger partial charge is 0.379 e. The zero-order valence-corrected chi connectivity index (χ0v) is 15.7. The summed E-state index contributed by atoms with van der Waals surface area (Å²) < 4.78 is 21.3. The Balaban J connectivity index is 1.34. The highest BCUT2D eigenvalue weighted by molar-refractivity contribution is 5.76. The minimum absolute atomic E-state index is 0.202. The second kappa shape index (κ2) is 12.3. The molecule has 0 unspecified atom stereocenters. The number of amides is 1. The lowest BCUT2D eigenvalue weighted by atomic mass is 9.73. The van der Waals surface area contributed by atoms with Crippen LogP contribution in [-0.2, 0) is 23.7 Å². The predicted molar refractivity (Wildman–Crippen MR) is 97.8 cm³/mol. The first kappa shape index (κ1) is 21.1. The van der Waals surface area contributed by atoms with Gasteiger partial charge in [0, 0.05) is 26.2 Å². The quantitative estimate of drug-likeness (QED) is 0.372. The molecule has 1 amide bonds. The summed E-state index contributed by atoms with van der Waals surface area (Å²) in [6.45, 7) is 7.81. The van der Waals surface area contributed by atoms with Crippen molar-refractivity contribution in [3.8, 4) is 12.3 Å². The number of nitrogens with zero attached hydrogens (tertiary/aromatic N) is 1. The van der Waals surface area contributed by atoms with E-state index in [0.717, 1.165) is 39.0 Å². The first-order valence-electron chi connectivity index (χ1n) is 9.49. The van der Waals surface area contributed by atoms with Gasteiger partial charge < -0.3 is 29.2 Å². The molecule has 1 N–H and O–H groups in total. The van der Waals surface area contributed by atoms with E-state index in [1.807, 2.05) is 4.90 Å². The Bertz CT molecular complexity index is 438. The van der Waals surface area contributed by atoms with E-state index in [1.165, 1.54) is 0 Å². The van der Waals surface area contributed by atoms with Crippen molar-refractivity contribution in [1.82, 2.24) is 10.2 Å². The van der Waals surface area contributed by atoms with Gasteiger partial charge in [-0.15, -0.1) is 6.42 Å². The Labute approximate surface area is 156 Å². The number of hydrogen-bond acceptors (Lipinski definition) is 6. The molecule has 1 spiro atoms. The van der Waals surface area contributed by atoms with Crippen LogP contribution >= 0.6 is 0 Å². The second-order valence-electron chi connectivity index (χ2n) is 6.83. The molecule has 26 heavy (non-hydrogen) atoms. The summed E-state index contributed by atoms with van der Waals surface area (Å²) in [6, 6.07) is 0. The number of piperidine rings is 1. The topological polar surface area (TPSA) is 69.3 Å². The van der Waals surface area contributed by atoms with E-state index < -0.39 is 0 Å². The molecule has 2 rings (SSSR count). The number of terminal acetylenes is 1. The minimum Gasteiger partial charge on any atom is -0.379 e. The van der Waals surface area contributed by atoms with Crippen LogP contribution in [0, 0.1) is 17.8 Å². The van der Waals surface area contributed by atoms with Gasteiger partial charge in [-0.1, -0.05) is 5.92 Å². The van der Waals surface area contributed by atoms with Crippen LogP contribution in [0.1, 0.15) is 19.3 Å². The van der Waals surface area contributed by atoms with Gasteiger partial charge in [0.25, 0.3) is 0 Å². The summed E-state index contributed by atoms with van der Waals surface area (Å²) >= 11 is 0. The molecule has 0 aliphatic carbocycles. The smallest absolute Gasteiger partial charge is 0.224 e. The molecule has 0 radical (unpaired) electrons. The van der Waals surface area contributed by atoms with Crippen LogP contribution in [0.15, 0.2) is 0 Å². The van der Waals surface area contributed by atoms with Gasteiger partial charge in [0.15, 0.2) is 0 Å². The van der Waals surface area contributed by atoms with Crippen LogP contribution < -0.4 is 5.32 Å². The number of nitrogens with one attached hydrogen (secondary N) is 1. The summed E-state index contributed by atoms with van der Waals surface area (Å²) in [5.74, 6) is 2.60. The second-order valence-corrected chi connectivity index (χ2v) is 6.83. The van der Waals surface area contributed by atoms with E-state index in [1.54, 1.807) is 0 Å². The third-order valence-corrected chi connectivity index (χ3v) is 4.94. The monoisotopic (exact) mass is 368 g/mol. The molecule has 0 bridgehead atoms. The molecule has 2 heterocycles. The maximum Gasteiger partial charge on any atom is 0.224 e. The van der Waals surface area contributed by atoms with E-state index >= 15 is 0 Å². The van der Waals surface area contributed by atoms with E-state index in [-0.39, 0.29) is 5.91 Å². The molecule has 0 aromatic carbocycles. The van der Waals surface area contributed by atoms with Crippen molar-refractivity contribution in [3.05, 3.63) is 0 Å². The zero-order valence-electron chi connectivity index (χ0n) is 15.7. The lowest BCUT2D eigenvalue weighted by Crippen LogP contribution is -2.58. The standard InChI is InChI=1S/C19H32N2O5/c1-2-8-23-10-12-25-14-15-26-13-11-24-9-3-18(22)21-6-4-19(5-7-21)16-20-17-19/h1,20H,3-17H2. The molecule has 2 aliphatic heterocycles. The van der Waals surface area contributed by atoms with E-state index in [4.69, 9.17) is 25.4 Å². The summed E-state index contributed by atoms with van der Waals surface area (Å²) in [4.78, 5) is 14.2. The molecule has 0 saturated carbocycles. The first-order chi connectivity index (χ1) is 12.8. The molecule has 7 heteroatoms. The lowest BCUT2D eigenvalue weighted by molar-refractivity contribution is -0.135.